The maximum Gasteiger partial charge on any atom is 0.198 e. The van der Waals surface area contributed by atoms with Gasteiger partial charge in [-0.3, -0.25) is 0 Å². The summed E-state index contributed by atoms with van der Waals surface area (Å²) in [7, 11) is 0. The molecule has 1 unspecified atom stereocenters. The van der Waals surface area contributed by atoms with Crippen LogP contribution in [0.3, 0.4) is 0 Å². The van der Waals surface area contributed by atoms with Gasteiger partial charge in [-0.05, 0) is 35.4 Å². The third-order valence-corrected chi connectivity index (χ3v) is 8.14. The summed E-state index contributed by atoms with van der Waals surface area (Å²) in [5.74, 6) is 0.208. The SMILES string of the molecule is [O-][N+]1=C(CC(O)C2CCCCC2)[C@@H](OCc2ccccc2)[C@H](OCc2ccccc2)[C@H](OCc2ccccc2)C1. The molecule has 1 fully saturated rings. The highest BCUT2D eigenvalue weighted by molar-refractivity contribution is 5.86. The number of hydrogen-bond donors (Lipinski definition) is 1. The zero-order valence-corrected chi connectivity index (χ0v) is 23.1. The second kappa shape index (κ2) is 14.6. The predicted octanol–water partition coefficient (Wildman–Crippen LogP) is 6.04. The van der Waals surface area contributed by atoms with Crippen molar-refractivity contribution < 1.29 is 24.1 Å². The highest BCUT2D eigenvalue weighted by Gasteiger charge is 2.46. The topological polar surface area (TPSA) is 74.0 Å². The van der Waals surface area contributed by atoms with Crippen LogP contribution in [0, 0.1) is 11.1 Å². The minimum absolute atomic E-state index is 0.129. The summed E-state index contributed by atoms with van der Waals surface area (Å²) in [6.07, 6.45) is 3.52. The molecule has 1 heterocycles. The van der Waals surface area contributed by atoms with E-state index in [2.05, 4.69) is 0 Å². The molecule has 0 radical (unpaired) electrons. The molecule has 6 heteroatoms. The quantitative estimate of drug-likeness (QED) is 0.223. The maximum atomic E-state index is 13.6. The van der Waals surface area contributed by atoms with Crippen molar-refractivity contribution in [2.75, 3.05) is 6.54 Å². The van der Waals surface area contributed by atoms with Crippen molar-refractivity contribution >= 4 is 5.71 Å². The van der Waals surface area contributed by atoms with Gasteiger partial charge in [0.15, 0.2) is 18.4 Å². The van der Waals surface area contributed by atoms with Gasteiger partial charge in [-0.2, -0.15) is 0 Å². The molecule has 0 amide bonds. The number of aliphatic hydroxyl groups is 1. The molecule has 1 saturated carbocycles. The van der Waals surface area contributed by atoms with Crippen LogP contribution in [-0.2, 0) is 34.0 Å². The van der Waals surface area contributed by atoms with Crippen molar-refractivity contribution in [2.24, 2.45) is 5.92 Å². The van der Waals surface area contributed by atoms with Gasteiger partial charge in [-0.25, -0.2) is 4.74 Å². The van der Waals surface area contributed by atoms with E-state index >= 15 is 0 Å². The Kier molecular flexibility index (Phi) is 10.4. The smallest absolute Gasteiger partial charge is 0.198 e. The lowest BCUT2D eigenvalue weighted by molar-refractivity contribution is -0.490. The van der Waals surface area contributed by atoms with Crippen molar-refractivity contribution in [3.05, 3.63) is 113 Å². The van der Waals surface area contributed by atoms with Crippen LogP contribution in [0.15, 0.2) is 91.0 Å². The first-order valence-electron chi connectivity index (χ1n) is 14.6. The monoisotopic (exact) mass is 543 g/mol. The summed E-state index contributed by atoms with van der Waals surface area (Å²) < 4.78 is 20.5. The van der Waals surface area contributed by atoms with E-state index in [1.54, 1.807) is 0 Å². The van der Waals surface area contributed by atoms with Crippen LogP contribution in [0.1, 0.15) is 55.2 Å². The number of hydroxylamine groups is 1. The van der Waals surface area contributed by atoms with Crippen LogP contribution >= 0.6 is 0 Å². The molecule has 2 aliphatic rings. The average molecular weight is 544 g/mol. The molecule has 0 aromatic heterocycles. The second-order valence-electron chi connectivity index (χ2n) is 11.0. The molecule has 0 spiro atoms. The van der Waals surface area contributed by atoms with Gasteiger partial charge in [0.25, 0.3) is 0 Å². The number of hydrogen-bond acceptors (Lipinski definition) is 5. The van der Waals surface area contributed by atoms with E-state index in [-0.39, 0.29) is 18.9 Å². The zero-order chi connectivity index (χ0) is 27.6. The summed E-state index contributed by atoms with van der Waals surface area (Å²) >= 11 is 0. The summed E-state index contributed by atoms with van der Waals surface area (Å²) in [6.45, 7) is 1.21. The molecule has 40 heavy (non-hydrogen) atoms. The Morgan fingerprint density at radius 3 is 1.75 bits per heavy atom. The third kappa shape index (κ3) is 7.79. The first-order valence-corrected chi connectivity index (χ1v) is 14.6. The van der Waals surface area contributed by atoms with Crippen molar-refractivity contribution in [1.82, 2.24) is 0 Å². The number of rotatable bonds is 12. The Balaban J connectivity index is 1.41. The van der Waals surface area contributed by atoms with E-state index in [1.165, 1.54) is 6.42 Å². The first kappa shape index (κ1) is 28.5. The Morgan fingerprint density at radius 1 is 0.700 bits per heavy atom. The standard InChI is InChI=1S/C34H41NO5/c36-31(29-19-11-4-12-20-29)21-30-33(39-24-27-15-7-2-8-16-27)34(40-25-28-17-9-3-10-18-28)32(22-35(30)37)38-23-26-13-5-1-6-14-26/h1-3,5-10,13-18,29,31-34,36H,4,11-12,19-25H2/t31?,32-,33-,34-/m1/s1. The lowest BCUT2D eigenvalue weighted by atomic mass is 9.82. The summed E-state index contributed by atoms with van der Waals surface area (Å²) in [5, 5.41) is 24.9. The van der Waals surface area contributed by atoms with E-state index in [4.69, 9.17) is 14.2 Å². The lowest BCUT2D eigenvalue weighted by Crippen LogP contribution is -2.57. The normalized spacial score (nSPS) is 22.8. The van der Waals surface area contributed by atoms with E-state index in [1.807, 2.05) is 91.0 Å². The number of aliphatic hydroxyl groups excluding tert-OH is 1. The molecule has 1 aliphatic carbocycles. The first-order chi connectivity index (χ1) is 19.7. The molecule has 6 nitrogen and oxygen atoms in total. The molecule has 212 valence electrons. The van der Waals surface area contributed by atoms with Crippen LogP contribution in [-0.4, -0.2) is 46.5 Å². The second-order valence-corrected chi connectivity index (χ2v) is 11.0. The summed E-state index contributed by atoms with van der Waals surface area (Å²) in [5.41, 5.74) is 3.64. The van der Waals surface area contributed by atoms with Crippen molar-refractivity contribution in [2.45, 2.75) is 82.8 Å². The van der Waals surface area contributed by atoms with Crippen LogP contribution in [0.5, 0.6) is 0 Å². The molecule has 3 aromatic carbocycles. The molecule has 5 rings (SSSR count). The fourth-order valence-electron chi connectivity index (χ4n) is 5.87. The third-order valence-electron chi connectivity index (χ3n) is 8.14. The summed E-state index contributed by atoms with van der Waals surface area (Å²) in [6, 6.07) is 29.9. The van der Waals surface area contributed by atoms with E-state index in [9.17, 15) is 10.3 Å². The Hall–Kier alpha value is -3.03. The van der Waals surface area contributed by atoms with Gasteiger partial charge in [0, 0.05) is 0 Å². The van der Waals surface area contributed by atoms with Crippen LogP contribution < -0.4 is 0 Å². The van der Waals surface area contributed by atoms with Gasteiger partial charge in [-0.1, -0.05) is 110 Å². The average Bonchev–Trinajstić information content (AvgIpc) is 3.01. The van der Waals surface area contributed by atoms with Gasteiger partial charge in [0.2, 0.25) is 0 Å². The summed E-state index contributed by atoms with van der Waals surface area (Å²) in [4.78, 5) is 0. The Morgan fingerprint density at radius 2 is 1.20 bits per heavy atom. The van der Waals surface area contributed by atoms with Gasteiger partial charge in [-0.15, -0.1) is 0 Å². The molecular weight excluding hydrogens is 502 g/mol. The molecule has 0 bridgehead atoms. The van der Waals surface area contributed by atoms with Gasteiger partial charge in [0.05, 0.1) is 32.3 Å². The number of nitrogens with zero attached hydrogens (tertiary/aromatic N) is 1. The minimum Gasteiger partial charge on any atom is -0.624 e. The van der Waals surface area contributed by atoms with Crippen LogP contribution in [0.2, 0.25) is 0 Å². The van der Waals surface area contributed by atoms with Crippen molar-refractivity contribution in [3.8, 4) is 0 Å². The van der Waals surface area contributed by atoms with E-state index in [0.29, 0.717) is 25.5 Å². The van der Waals surface area contributed by atoms with Crippen molar-refractivity contribution in [1.29, 1.82) is 0 Å². The molecule has 1 aliphatic heterocycles. The largest absolute Gasteiger partial charge is 0.624 e. The lowest BCUT2D eigenvalue weighted by Gasteiger charge is -2.38. The predicted molar refractivity (Wildman–Crippen MR) is 156 cm³/mol. The fourth-order valence-corrected chi connectivity index (χ4v) is 5.87. The van der Waals surface area contributed by atoms with Gasteiger partial charge < -0.3 is 24.5 Å². The van der Waals surface area contributed by atoms with Crippen molar-refractivity contribution in [3.63, 3.8) is 0 Å². The molecule has 3 aromatic rings. The minimum atomic E-state index is -0.644. The molecular formula is C34H41NO5. The van der Waals surface area contributed by atoms with Crippen LogP contribution in [0.25, 0.3) is 0 Å². The van der Waals surface area contributed by atoms with Gasteiger partial charge in [0.1, 0.15) is 12.2 Å². The maximum absolute atomic E-state index is 13.6. The Bertz CT molecular complexity index is 1180. The van der Waals surface area contributed by atoms with E-state index < -0.39 is 24.4 Å². The number of benzene rings is 3. The molecule has 0 saturated heterocycles. The number of ether oxygens (including phenoxy) is 3. The van der Waals surface area contributed by atoms with Gasteiger partial charge >= 0.3 is 0 Å². The highest BCUT2D eigenvalue weighted by atomic mass is 16.6. The highest BCUT2D eigenvalue weighted by Crippen LogP contribution is 2.30. The molecule has 4 atom stereocenters. The van der Waals surface area contributed by atoms with E-state index in [0.717, 1.165) is 47.1 Å². The zero-order valence-electron chi connectivity index (χ0n) is 23.1. The van der Waals surface area contributed by atoms with Crippen LogP contribution in [0.4, 0.5) is 0 Å². The molecule has 1 N–H and O–H groups in total. The fraction of sp³-hybridized carbons (Fsp3) is 0.441. The Labute approximate surface area is 237 Å².